The van der Waals surface area contributed by atoms with E-state index >= 15 is 0 Å². The second-order valence-electron chi connectivity index (χ2n) is 5.59. The summed E-state index contributed by atoms with van der Waals surface area (Å²) in [5.74, 6) is 0.496. The van der Waals surface area contributed by atoms with Gasteiger partial charge in [-0.25, -0.2) is 0 Å². The smallest absolute Gasteiger partial charge is 0.269 e. The van der Waals surface area contributed by atoms with E-state index in [9.17, 15) is 14.9 Å². The van der Waals surface area contributed by atoms with Crippen molar-refractivity contribution in [3.63, 3.8) is 0 Å². The zero-order valence-corrected chi connectivity index (χ0v) is 14.8. The zero-order valence-electron chi connectivity index (χ0n) is 14.0. The Bertz CT molecular complexity index is 766. The van der Waals surface area contributed by atoms with Crippen molar-refractivity contribution in [2.75, 3.05) is 13.7 Å². The second-order valence-corrected chi connectivity index (χ2v) is 6.02. The Morgan fingerprint density at radius 1 is 1.28 bits per heavy atom. The first-order chi connectivity index (χ1) is 11.9. The number of carbonyl (C=O) groups excluding carboxylic acids is 1. The van der Waals surface area contributed by atoms with E-state index in [0.717, 1.165) is 0 Å². The molecule has 2 rings (SSSR count). The fourth-order valence-electron chi connectivity index (χ4n) is 2.33. The van der Waals surface area contributed by atoms with Gasteiger partial charge in [-0.2, -0.15) is 0 Å². The highest BCUT2D eigenvalue weighted by Gasteiger charge is 2.19. The molecule has 0 saturated heterocycles. The van der Waals surface area contributed by atoms with E-state index in [4.69, 9.17) is 16.3 Å². The first-order valence-electron chi connectivity index (χ1n) is 7.77. The number of nitro benzene ring substituents is 1. The van der Waals surface area contributed by atoms with Crippen LogP contribution in [0.1, 0.15) is 24.9 Å². The van der Waals surface area contributed by atoms with E-state index in [-0.39, 0.29) is 30.7 Å². The summed E-state index contributed by atoms with van der Waals surface area (Å²) in [5, 5.41) is 11.4. The number of non-ortho nitro benzene ring substituents is 1. The molecule has 0 aliphatic carbocycles. The summed E-state index contributed by atoms with van der Waals surface area (Å²) in [4.78, 5) is 24.3. The maximum absolute atomic E-state index is 12.3. The Kier molecular flexibility index (Phi) is 6.36. The zero-order chi connectivity index (χ0) is 18.4. The van der Waals surface area contributed by atoms with Crippen LogP contribution in [0.4, 0.5) is 5.69 Å². The summed E-state index contributed by atoms with van der Waals surface area (Å²) < 4.78 is 5.52. The summed E-state index contributed by atoms with van der Waals surface area (Å²) >= 11 is 5.88. The van der Waals surface area contributed by atoms with Crippen LogP contribution in [0, 0.1) is 10.1 Å². The SMILES string of the molecule is CC(c1cccc([N+](=O)[O-])c1)N(C)C(=O)CCOc1cccc(Cl)c1. The van der Waals surface area contributed by atoms with E-state index in [2.05, 4.69) is 0 Å². The van der Waals surface area contributed by atoms with Gasteiger partial charge in [0.15, 0.2) is 0 Å². The number of hydrogen-bond donors (Lipinski definition) is 0. The molecular weight excluding hydrogens is 344 g/mol. The molecule has 25 heavy (non-hydrogen) atoms. The number of benzene rings is 2. The number of nitro groups is 1. The average molecular weight is 363 g/mol. The van der Waals surface area contributed by atoms with E-state index < -0.39 is 4.92 Å². The van der Waals surface area contributed by atoms with Gasteiger partial charge in [0.1, 0.15) is 5.75 Å². The number of nitrogens with zero attached hydrogens (tertiary/aromatic N) is 2. The lowest BCUT2D eigenvalue weighted by Gasteiger charge is -2.25. The topological polar surface area (TPSA) is 72.7 Å². The van der Waals surface area contributed by atoms with Crippen molar-refractivity contribution in [1.82, 2.24) is 4.90 Å². The molecule has 2 aromatic rings. The number of hydrogen-bond acceptors (Lipinski definition) is 4. The van der Waals surface area contributed by atoms with Crippen molar-refractivity contribution in [3.8, 4) is 5.75 Å². The average Bonchev–Trinajstić information content (AvgIpc) is 2.60. The van der Waals surface area contributed by atoms with Crippen LogP contribution in [-0.4, -0.2) is 29.4 Å². The van der Waals surface area contributed by atoms with Crippen LogP contribution >= 0.6 is 11.6 Å². The largest absolute Gasteiger partial charge is 0.493 e. The molecule has 0 N–H and O–H groups in total. The number of rotatable bonds is 7. The molecule has 0 aliphatic heterocycles. The van der Waals surface area contributed by atoms with Crippen LogP contribution in [0.2, 0.25) is 5.02 Å². The van der Waals surface area contributed by atoms with E-state index in [0.29, 0.717) is 16.3 Å². The molecule has 0 bridgehead atoms. The Balaban J connectivity index is 1.92. The summed E-state index contributed by atoms with van der Waals surface area (Å²) in [5.41, 5.74) is 0.718. The maximum atomic E-state index is 12.3. The van der Waals surface area contributed by atoms with Gasteiger partial charge in [-0.15, -0.1) is 0 Å². The molecule has 0 aromatic heterocycles. The van der Waals surface area contributed by atoms with E-state index in [1.54, 1.807) is 48.3 Å². The third-order valence-electron chi connectivity index (χ3n) is 3.92. The molecule has 0 heterocycles. The van der Waals surface area contributed by atoms with Crippen molar-refractivity contribution < 1.29 is 14.5 Å². The van der Waals surface area contributed by atoms with Crippen LogP contribution in [0.15, 0.2) is 48.5 Å². The molecule has 6 nitrogen and oxygen atoms in total. The number of amides is 1. The third-order valence-corrected chi connectivity index (χ3v) is 4.15. The molecule has 1 unspecified atom stereocenters. The predicted molar refractivity (Wildman–Crippen MR) is 95.8 cm³/mol. The lowest BCUT2D eigenvalue weighted by atomic mass is 10.1. The van der Waals surface area contributed by atoms with E-state index in [1.165, 1.54) is 12.1 Å². The van der Waals surface area contributed by atoms with Crippen LogP contribution in [-0.2, 0) is 4.79 Å². The highest BCUT2D eigenvalue weighted by molar-refractivity contribution is 6.30. The molecule has 0 saturated carbocycles. The summed E-state index contributed by atoms with van der Waals surface area (Å²) in [6.45, 7) is 2.06. The Labute approximate surface area is 151 Å². The number of carbonyl (C=O) groups is 1. The number of ether oxygens (including phenoxy) is 1. The summed E-state index contributed by atoms with van der Waals surface area (Å²) in [7, 11) is 1.67. The molecule has 132 valence electrons. The Morgan fingerprint density at radius 3 is 2.68 bits per heavy atom. The Morgan fingerprint density at radius 2 is 2.00 bits per heavy atom. The molecule has 0 aliphatic rings. The third kappa shape index (κ3) is 5.19. The first-order valence-corrected chi connectivity index (χ1v) is 8.14. The molecule has 0 spiro atoms. The van der Waals surface area contributed by atoms with Crippen LogP contribution < -0.4 is 4.74 Å². The van der Waals surface area contributed by atoms with Crippen molar-refractivity contribution >= 4 is 23.2 Å². The standard InChI is InChI=1S/C18H19ClN2O4/c1-13(14-5-3-7-16(11-14)21(23)24)20(2)18(22)9-10-25-17-8-4-6-15(19)12-17/h3-8,11-13H,9-10H2,1-2H3. The van der Waals surface area contributed by atoms with Crippen molar-refractivity contribution in [1.29, 1.82) is 0 Å². The van der Waals surface area contributed by atoms with Gasteiger partial charge < -0.3 is 9.64 Å². The van der Waals surface area contributed by atoms with Gasteiger partial charge in [-0.3, -0.25) is 14.9 Å². The van der Waals surface area contributed by atoms with Crippen molar-refractivity contribution in [3.05, 3.63) is 69.2 Å². The van der Waals surface area contributed by atoms with Gasteiger partial charge in [0, 0.05) is 24.2 Å². The van der Waals surface area contributed by atoms with Gasteiger partial charge in [-0.05, 0) is 30.7 Å². The number of halogens is 1. The van der Waals surface area contributed by atoms with E-state index in [1.807, 2.05) is 6.92 Å². The minimum Gasteiger partial charge on any atom is -0.493 e. The predicted octanol–water partition coefficient (Wildman–Crippen LogP) is 4.24. The monoisotopic (exact) mass is 362 g/mol. The summed E-state index contributed by atoms with van der Waals surface area (Å²) in [6, 6.07) is 13.0. The van der Waals surface area contributed by atoms with Gasteiger partial charge in [0.05, 0.1) is 24.0 Å². The molecule has 1 atom stereocenters. The highest BCUT2D eigenvalue weighted by atomic mass is 35.5. The van der Waals surface area contributed by atoms with Gasteiger partial charge in [-0.1, -0.05) is 29.8 Å². The molecule has 0 fully saturated rings. The molecule has 1 amide bonds. The lowest BCUT2D eigenvalue weighted by molar-refractivity contribution is -0.384. The first kappa shape index (κ1) is 18.7. The minimum absolute atomic E-state index is 0.00879. The fraction of sp³-hybridized carbons (Fsp3) is 0.278. The van der Waals surface area contributed by atoms with Crippen LogP contribution in [0.25, 0.3) is 0 Å². The minimum atomic E-state index is -0.448. The maximum Gasteiger partial charge on any atom is 0.269 e. The second kappa shape index (κ2) is 8.48. The summed E-state index contributed by atoms with van der Waals surface area (Å²) in [6.07, 6.45) is 0.197. The Hall–Kier alpha value is -2.60. The van der Waals surface area contributed by atoms with Gasteiger partial charge in [0.2, 0.25) is 5.91 Å². The van der Waals surface area contributed by atoms with Crippen molar-refractivity contribution in [2.45, 2.75) is 19.4 Å². The van der Waals surface area contributed by atoms with Crippen LogP contribution in [0.5, 0.6) is 5.75 Å². The molecule has 7 heteroatoms. The highest BCUT2D eigenvalue weighted by Crippen LogP contribution is 2.23. The molecule has 0 radical (unpaired) electrons. The molecule has 2 aromatic carbocycles. The fourth-order valence-corrected chi connectivity index (χ4v) is 2.51. The van der Waals surface area contributed by atoms with Crippen molar-refractivity contribution in [2.24, 2.45) is 0 Å². The quantitative estimate of drug-likeness (QED) is 0.545. The molecular formula is C18H19ClN2O4. The van der Waals surface area contributed by atoms with Gasteiger partial charge in [0.25, 0.3) is 5.69 Å². The normalized spacial score (nSPS) is 11.6. The van der Waals surface area contributed by atoms with Crippen LogP contribution in [0.3, 0.4) is 0 Å². The van der Waals surface area contributed by atoms with Gasteiger partial charge >= 0.3 is 0 Å². The lowest BCUT2D eigenvalue weighted by Crippen LogP contribution is -2.30.